The minimum Gasteiger partial charge on any atom is -0.389 e. The Balaban J connectivity index is 2.78. The molecular weight excluding hydrogens is 292 g/mol. The first-order chi connectivity index (χ1) is 9.36. The zero-order chi connectivity index (χ0) is 15.2. The molecule has 0 bridgehead atoms. The quantitative estimate of drug-likeness (QED) is 0.571. The average molecular weight is 314 g/mol. The summed E-state index contributed by atoms with van der Waals surface area (Å²) < 4.78 is 27.2. The van der Waals surface area contributed by atoms with E-state index < -0.39 is 10.0 Å². The van der Waals surface area contributed by atoms with E-state index >= 15 is 0 Å². The lowest BCUT2D eigenvalue weighted by molar-refractivity contribution is 0.527. The summed E-state index contributed by atoms with van der Waals surface area (Å²) in [6, 6.07) is 6.31. The second-order valence-corrected chi connectivity index (χ2v) is 7.06. The Kier molecular flexibility index (Phi) is 6.58. The Morgan fingerprint density at radius 1 is 1.40 bits per heavy atom. The van der Waals surface area contributed by atoms with E-state index in [0.717, 1.165) is 25.7 Å². The van der Waals surface area contributed by atoms with Crippen molar-refractivity contribution < 1.29 is 8.42 Å². The van der Waals surface area contributed by atoms with Gasteiger partial charge >= 0.3 is 0 Å². The van der Waals surface area contributed by atoms with Crippen LogP contribution in [0.2, 0.25) is 0 Å². The highest BCUT2D eigenvalue weighted by atomic mass is 32.2. The smallest absolute Gasteiger partial charge is 0.240 e. The highest BCUT2D eigenvalue weighted by molar-refractivity contribution is 7.89. The Morgan fingerprint density at radius 3 is 2.70 bits per heavy atom. The first-order valence-corrected chi connectivity index (χ1v) is 8.68. The largest absolute Gasteiger partial charge is 0.389 e. The molecule has 0 fully saturated rings. The Hall–Kier alpha value is -0.980. The third-order valence-electron chi connectivity index (χ3n) is 3.03. The summed E-state index contributed by atoms with van der Waals surface area (Å²) in [5.74, 6) is 0. The van der Waals surface area contributed by atoms with Crippen LogP contribution >= 0.6 is 12.2 Å². The molecule has 0 amide bonds. The number of nitrogens with two attached hydrogens (primary N) is 1. The summed E-state index contributed by atoms with van der Waals surface area (Å²) in [5, 5.41) is 0. The molecule has 0 aliphatic heterocycles. The van der Waals surface area contributed by atoms with E-state index in [-0.39, 0.29) is 15.9 Å². The van der Waals surface area contributed by atoms with Gasteiger partial charge in [-0.05, 0) is 25.5 Å². The van der Waals surface area contributed by atoms with Crippen LogP contribution < -0.4 is 10.5 Å². The van der Waals surface area contributed by atoms with Crippen molar-refractivity contribution in [1.82, 2.24) is 4.72 Å². The van der Waals surface area contributed by atoms with Gasteiger partial charge in [0.15, 0.2) is 0 Å². The molecule has 112 valence electrons. The predicted molar refractivity (Wildman–Crippen MR) is 86.3 cm³/mol. The van der Waals surface area contributed by atoms with Crippen LogP contribution in [0.1, 0.15) is 45.1 Å². The summed E-state index contributed by atoms with van der Waals surface area (Å²) in [4.78, 5) is 0.392. The Bertz CT molecular complexity index is 556. The first kappa shape index (κ1) is 17.1. The molecule has 0 aliphatic rings. The summed E-state index contributed by atoms with van der Waals surface area (Å²) in [6.07, 6.45) is 4.09. The second-order valence-electron chi connectivity index (χ2n) is 4.91. The second kappa shape index (κ2) is 7.71. The van der Waals surface area contributed by atoms with E-state index in [4.69, 9.17) is 18.0 Å². The monoisotopic (exact) mass is 314 g/mol. The Labute approximate surface area is 126 Å². The van der Waals surface area contributed by atoms with Gasteiger partial charge in [-0.3, -0.25) is 0 Å². The fourth-order valence-corrected chi connectivity index (χ4v) is 3.36. The highest BCUT2D eigenvalue weighted by Crippen LogP contribution is 2.13. The number of sulfonamides is 1. The molecule has 1 rings (SSSR count). The average Bonchev–Trinajstić information content (AvgIpc) is 2.38. The van der Waals surface area contributed by atoms with Crippen LogP contribution in [-0.4, -0.2) is 19.4 Å². The van der Waals surface area contributed by atoms with Gasteiger partial charge in [0.25, 0.3) is 0 Å². The van der Waals surface area contributed by atoms with Gasteiger partial charge in [-0.25, -0.2) is 13.1 Å². The molecule has 4 nitrogen and oxygen atoms in total. The molecule has 0 heterocycles. The van der Waals surface area contributed by atoms with Crippen molar-refractivity contribution >= 4 is 27.2 Å². The molecule has 0 aromatic heterocycles. The van der Waals surface area contributed by atoms with Gasteiger partial charge in [0, 0.05) is 11.6 Å². The number of hydrogen-bond donors (Lipinski definition) is 2. The molecule has 6 heteroatoms. The lowest BCUT2D eigenvalue weighted by atomic mass is 10.1. The maximum absolute atomic E-state index is 12.3. The van der Waals surface area contributed by atoms with Crippen molar-refractivity contribution in [1.29, 1.82) is 0 Å². The van der Waals surface area contributed by atoms with E-state index in [0.29, 0.717) is 5.56 Å². The molecule has 20 heavy (non-hydrogen) atoms. The number of thiocarbonyl (C=S) groups is 1. The summed E-state index contributed by atoms with van der Waals surface area (Å²) in [6.45, 7) is 4.00. The number of rotatable bonds is 8. The van der Waals surface area contributed by atoms with E-state index in [9.17, 15) is 8.42 Å². The number of unbranched alkanes of at least 4 members (excludes halogenated alkanes) is 2. The van der Waals surface area contributed by atoms with Crippen molar-refractivity contribution in [3.8, 4) is 0 Å². The molecule has 1 aromatic carbocycles. The zero-order valence-electron chi connectivity index (χ0n) is 11.9. The summed E-state index contributed by atoms with van der Waals surface area (Å²) in [5.41, 5.74) is 6.08. The number of benzene rings is 1. The van der Waals surface area contributed by atoms with Crippen molar-refractivity contribution in [2.75, 3.05) is 0 Å². The van der Waals surface area contributed by atoms with Crippen LogP contribution in [0.5, 0.6) is 0 Å². The SMILES string of the molecule is CCCCCC(C)NS(=O)(=O)c1cccc(C(N)=S)c1. The summed E-state index contributed by atoms with van der Waals surface area (Å²) in [7, 11) is -3.52. The fourth-order valence-electron chi connectivity index (χ4n) is 1.91. The van der Waals surface area contributed by atoms with Gasteiger partial charge in [-0.2, -0.15) is 0 Å². The normalized spacial score (nSPS) is 13.1. The molecular formula is C14H22N2O2S2. The minimum absolute atomic E-state index is 0.0833. The number of hydrogen-bond acceptors (Lipinski definition) is 3. The van der Waals surface area contributed by atoms with Crippen molar-refractivity contribution in [3.05, 3.63) is 29.8 Å². The topological polar surface area (TPSA) is 72.2 Å². The van der Waals surface area contributed by atoms with Gasteiger partial charge in [0.05, 0.1) is 4.90 Å². The van der Waals surface area contributed by atoms with Crippen molar-refractivity contribution in [2.45, 2.75) is 50.5 Å². The third kappa shape index (κ3) is 5.19. The fraction of sp³-hybridized carbons (Fsp3) is 0.500. The maximum atomic E-state index is 12.3. The van der Waals surface area contributed by atoms with Gasteiger partial charge in [0.2, 0.25) is 10.0 Å². The highest BCUT2D eigenvalue weighted by Gasteiger charge is 2.17. The molecule has 0 saturated heterocycles. The van der Waals surface area contributed by atoms with Gasteiger partial charge in [-0.15, -0.1) is 0 Å². The zero-order valence-corrected chi connectivity index (χ0v) is 13.6. The maximum Gasteiger partial charge on any atom is 0.240 e. The van der Waals surface area contributed by atoms with Crippen molar-refractivity contribution in [3.63, 3.8) is 0 Å². The first-order valence-electron chi connectivity index (χ1n) is 6.79. The molecule has 3 N–H and O–H groups in total. The summed E-state index contributed by atoms with van der Waals surface area (Å²) >= 11 is 4.87. The number of nitrogens with one attached hydrogen (secondary N) is 1. The lowest BCUT2D eigenvalue weighted by Crippen LogP contribution is -2.32. The molecule has 0 aliphatic carbocycles. The minimum atomic E-state index is -3.52. The third-order valence-corrected chi connectivity index (χ3v) is 4.85. The molecule has 1 unspecified atom stereocenters. The molecule has 0 radical (unpaired) electrons. The van der Waals surface area contributed by atoms with Crippen LogP contribution in [0.4, 0.5) is 0 Å². The lowest BCUT2D eigenvalue weighted by Gasteiger charge is -2.14. The van der Waals surface area contributed by atoms with Crippen LogP contribution in [-0.2, 0) is 10.0 Å². The molecule has 0 spiro atoms. The van der Waals surface area contributed by atoms with Crippen LogP contribution in [0.3, 0.4) is 0 Å². The van der Waals surface area contributed by atoms with Crippen LogP contribution in [0, 0.1) is 0 Å². The van der Waals surface area contributed by atoms with E-state index in [2.05, 4.69) is 11.6 Å². The van der Waals surface area contributed by atoms with Crippen molar-refractivity contribution in [2.24, 2.45) is 5.73 Å². The molecule has 1 aromatic rings. The predicted octanol–water partition coefficient (Wildman–Crippen LogP) is 2.57. The van der Waals surface area contributed by atoms with E-state index in [1.165, 1.54) is 6.07 Å². The van der Waals surface area contributed by atoms with E-state index in [1.54, 1.807) is 18.2 Å². The van der Waals surface area contributed by atoms with E-state index in [1.807, 2.05) is 6.92 Å². The Morgan fingerprint density at radius 2 is 2.10 bits per heavy atom. The van der Waals surface area contributed by atoms with Gasteiger partial charge in [-0.1, -0.05) is 50.5 Å². The van der Waals surface area contributed by atoms with Crippen LogP contribution in [0.15, 0.2) is 29.2 Å². The molecule has 0 saturated carbocycles. The van der Waals surface area contributed by atoms with Gasteiger partial charge in [0.1, 0.15) is 4.99 Å². The van der Waals surface area contributed by atoms with Gasteiger partial charge < -0.3 is 5.73 Å². The standard InChI is InChI=1S/C14H22N2O2S2/c1-3-4-5-7-11(2)16-20(17,18)13-9-6-8-12(10-13)14(15)19/h6,8-11,16H,3-5,7H2,1-2H3,(H2,15,19). The van der Waals surface area contributed by atoms with Crippen LogP contribution in [0.25, 0.3) is 0 Å². The molecule has 1 atom stereocenters.